The number of rotatable bonds is 6. The normalized spacial score (nSPS) is 14.9. The standard InChI is InChI=1S/C22H26ClN3O3/c1-29-21-13-19(24)18(23)12-17(21)22(28)25-14-15-6-9-26(10-7-15)11-8-16-4-2-3-5-20(16)27/h2-5,8,11-13,15,27H,6-7,9-10,14,24H2,1H3,(H,25,28). The maximum absolute atomic E-state index is 12.6. The number of hydrogen-bond donors (Lipinski definition) is 3. The lowest BCUT2D eigenvalue weighted by Crippen LogP contribution is -2.36. The molecule has 6 nitrogen and oxygen atoms in total. The Hall–Kier alpha value is -2.86. The van der Waals surface area contributed by atoms with Crippen molar-refractivity contribution in [3.8, 4) is 11.5 Å². The van der Waals surface area contributed by atoms with Gasteiger partial charge in [0.2, 0.25) is 0 Å². The Morgan fingerprint density at radius 1 is 1.34 bits per heavy atom. The molecule has 1 aliphatic heterocycles. The number of para-hydroxylation sites is 1. The number of likely N-dealkylation sites (tertiary alicyclic amines) is 1. The van der Waals surface area contributed by atoms with Crippen molar-refractivity contribution in [1.29, 1.82) is 0 Å². The second-order valence-electron chi connectivity index (χ2n) is 7.14. The van der Waals surface area contributed by atoms with Gasteiger partial charge in [0.25, 0.3) is 5.91 Å². The van der Waals surface area contributed by atoms with Gasteiger partial charge in [-0.1, -0.05) is 29.8 Å². The summed E-state index contributed by atoms with van der Waals surface area (Å²) < 4.78 is 5.25. The molecule has 0 bridgehead atoms. The van der Waals surface area contributed by atoms with Gasteiger partial charge in [0.15, 0.2) is 0 Å². The number of phenols is 1. The van der Waals surface area contributed by atoms with Crippen LogP contribution in [0.4, 0.5) is 5.69 Å². The third-order valence-corrected chi connectivity index (χ3v) is 5.49. The molecule has 0 aromatic heterocycles. The number of carbonyl (C=O) groups excluding carboxylic acids is 1. The molecule has 1 fully saturated rings. The van der Waals surface area contributed by atoms with Gasteiger partial charge in [0.05, 0.1) is 23.4 Å². The minimum absolute atomic E-state index is 0.217. The number of nitrogens with zero attached hydrogens (tertiary/aromatic N) is 1. The van der Waals surface area contributed by atoms with E-state index in [9.17, 15) is 9.90 Å². The second-order valence-corrected chi connectivity index (χ2v) is 7.55. The van der Waals surface area contributed by atoms with Crippen LogP contribution < -0.4 is 15.8 Å². The lowest BCUT2D eigenvalue weighted by molar-refractivity contribution is 0.0937. The molecule has 2 aromatic carbocycles. The fraction of sp³-hybridized carbons (Fsp3) is 0.318. The van der Waals surface area contributed by atoms with E-state index in [-0.39, 0.29) is 11.7 Å². The summed E-state index contributed by atoms with van der Waals surface area (Å²) in [6.45, 7) is 2.41. The van der Waals surface area contributed by atoms with Gasteiger partial charge in [-0.15, -0.1) is 0 Å². The van der Waals surface area contributed by atoms with Crippen molar-refractivity contribution in [2.45, 2.75) is 12.8 Å². The third-order valence-electron chi connectivity index (χ3n) is 5.17. The van der Waals surface area contributed by atoms with Gasteiger partial charge in [-0.25, -0.2) is 0 Å². The minimum atomic E-state index is -0.217. The number of methoxy groups -OCH3 is 1. The molecule has 0 spiro atoms. The summed E-state index contributed by atoms with van der Waals surface area (Å²) in [5.74, 6) is 0.877. The number of anilines is 1. The summed E-state index contributed by atoms with van der Waals surface area (Å²) in [6, 6.07) is 10.4. The topological polar surface area (TPSA) is 87.8 Å². The Labute approximate surface area is 175 Å². The molecular weight excluding hydrogens is 390 g/mol. The number of ether oxygens (including phenoxy) is 1. The van der Waals surface area contributed by atoms with E-state index in [1.54, 1.807) is 18.2 Å². The molecule has 154 valence electrons. The quantitative estimate of drug-likeness (QED) is 0.625. The summed E-state index contributed by atoms with van der Waals surface area (Å²) >= 11 is 6.05. The molecule has 0 saturated carbocycles. The lowest BCUT2D eigenvalue weighted by atomic mass is 9.97. The number of aromatic hydroxyl groups is 1. The largest absolute Gasteiger partial charge is 0.507 e. The van der Waals surface area contributed by atoms with Crippen LogP contribution in [0.15, 0.2) is 42.6 Å². The van der Waals surface area contributed by atoms with Crippen LogP contribution in [0.3, 0.4) is 0 Å². The molecule has 3 rings (SSSR count). The van der Waals surface area contributed by atoms with Crippen LogP contribution in [-0.4, -0.2) is 42.7 Å². The number of nitrogen functional groups attached to an aromatic ring is 1. The van der Waals surface area contributed by atoms with Crippen LogP contribution in [0.5, 0.6) is 11.5 Å². The molecule has 0 aliphatic carbocycles. The maximum atomic E-state index is 12.6. The van der Waals surface area contributed by atoms with Crippen molar-refractivity contribution < 1.29 is 14.6 Å². The zero-order valence-electron chi connectivity index (χ0n) is 16.4. The van der Waals surface area contributed by atoms with Crippen LogP contribution in [0, 0.1) is 5.92 Å². The van der Waals surface area contributed by atoms with Gasteiger partial charge in [0, 0.05) is 31.3 Å². The second kappa shape index (κ2) is 9.56. The summed E-state index contributed by atoms with van der Waals surface area (Å²) in [7, 11) is 1.50. The van der Waals surface area contributed by atoms with Gasteiger partial charge < -0.3 is 25.8 Å². The van der Waals surface area contributed by atoms with Gasteiger partial charge >= 0.3 is 0 Å². The SMILES string of the molecule is COc1cc(N)c(Cl)cc1C(=O)NCC1CCN(C=Cc2ccccc2O)CC1. The zero-order valence-corrected chi connectivity index (χ0v) is 17.2. The number of hydrogen-bond acceptors (Lipinski definition) is 5. The van der Waals surface area contributed by atoms with Crippen LogP contribution in [-0.2, 0) is 0 Å². The van der Waals surface area contributed by atoms with Gasteiger partial charge in [-0.3, -0.25) is 4.79 Å². The monoisotopic (exact) mass is 415 g/mol. The van der Waals surface area contributed by atoms with E-state index in [0.717, 1.165) is 31.5 Å². The first-order valence-electron chi connectivity index (χ1n) is 9.59. The molecule has 29 heavy (non-hydrogen) atoms. The van der Waals surface area contributed by atoms with Crippen molar-refractivity contribution in [1.82, 2.24) is 10.2 Å². The van der Waals surface area contributed by atoms with E-state index in [2.05, 4.69) is 10.2 Å². The van der Waals surface area contributed by atoms with E-state index in [0.29, 0.717) is 34.5 Å². The molecule has 7 heteroatoms. The number of carbonyl (C=O) groups is 1. The lowest BCUT2D eigenvalue weighted by Gasteiger charge is -2.31. The Balaban J connectivity index is 1.50. The fourth-order valence-electron chi connectivity index (χ4n) is 3.37. The third kappa shape index (κ3) is 5.35. The number of phenolic OH excluding ortho intramolecular Hbond substituents is 1. The summed E-state index contributed by atoms with van der Waals surface area (Å²) in [6.07, 6.45) is 5.90. The zero-order chi connectivity index (χ0) is 20.8. The molecule has 1 heterocycles. The highest BCUT2D eigenvalue weighted by Gasteiger charge is 2.20. The Morgan fingerprint density at radius 2 is 2.07 bits per heavy atom. The van der Waals surface area contributed by atoms with E-state index in [4.69, 9.17) is 22.1 Å². The first-order chi connectivity index (χ1) is 14.0. The molecule has 2 aromatic rings. The number of benzene rings is 2. The van der Waals surface area contributed by atoms with Crippen molar-refractivity contribution in [2.75, 3.05) is 32.5 Å². The smallest absolute Gasteiger partial charge is 0.255 e. The number of nitrogens with two attached hydrogens (primary N) is 1. The average Bonchev–Trinajstić information content (AvgIpc) is 2.73. The predicted octanol–water partition coefficient (Wildman–Crippen LogP) is 3.75. The molecule has 0 unspecified atom stereocenters. The average molecular weight is 416 g/mol. The van der Waals surface area contributed by atoms with Crippen LogP contribution >= 0.6 is 11.6 Å². The van der Waals surface area contributed by atoms with Gasteiger partial charge in [-0.05, 0) is 43.2 Å². The summed E-state index contributed by atoms with van der Waals surface area (Å²) in [5.41, 5.74) is 7.34. The molecule has 0 atom stereocenters. The number of amides is 1. The van der Waals surface area contributed by atoms with Crippen molar-refractivity contribution in [2.24, 2.45) is 5.92 Å². The van der Waals surface area contributed by atoms with E-state index in [1.807, 2.05) is 24.4 Å². The minimum Gasteiger partial charge on any atom is -0.507 e. The van der Waals surface area contributed by atoms with Crippen molar-refractivity contribution in [3.05, 3.63) is 58.7 Å². The Morgan fingerprint density at radius 3 is 2.76 bits per heavy atom. The highest BCUT2D eigenvalue weighted by molar-refractivity contribution is 6.33. The highest BCUT2D eigenvalue weighted by atomic mass is 35.5. The van der Waals surface area contributed by atoms with Gasteiger partial charge in [0.1, 0.15) is 11.5 Å². The Kier molecular flexibility index (Phi) is 6.88. The fourth-order valence-corrected chi connectivity index (χ4v) is 3.53. The van der Waals surface area contributed by atoms with Gasteiger partial charge in [-0.2, -0.15) is 0 Å². The Bertz CT molecular complexity index is 893. The van der Waals surface area contributed by atoms with Crippen LogP contribution in [0.25, 0.3) is 6.08 Å². The summed E-state index contributed by atoms with van der Waals surface area (Å²) in [4.78, 5) is 14.8. The first-order valence-corrected chi connectivity index (χ1v) is 9.97. The maximum Gasteiger partial charge on any atom is 0.255 e. The van der Waals surface area contributed by atoms with E-state index < -0.39 is 0 Å². The molecular formula is C22H26ClN3O3. The predicted molar refractivity (Wildman–Crippen MR) is 116 cm³/mol. The molecule has 4 N–H and O–H groups in total. The van der Waals surface area contributed by atoms with Crippen LogP contribution in [0.1, 0.15) is 28.8 Å². The number of piperidine rings is 1. The molecule has 1 saturated heterocycles. The first kappa shape index (κ1) is 20.9. The summed E-state index contributed by atoms with van der Waals surface area (Å²) in [5, 5.41) is 13.1. The molecule has 0 radical (unpaired) electrons. The highest BCUT2D eigenvalue weighted by Crippen LogP contribution is 2.29. The number of halogens is 1. The molecule has 1 amide bonds. The van der Waals surface area contributed by atoms with E-state index >= 15 is 0 Å². The van der Waals surface area contributed by atoms with Crippen molar-refractivity contribution >= 4 is 29.3 Å². The molecule has 1 aliphatic rings. The van der Waals surface area contributed by atoms with Crippen LogP contribution in [0.2, 0.25) is 5.02 Å². The van der Waals surface area contributed by atoms with Crippen molar-refractivity contribution in [3.63, 3.8) is 0 Å². The number of nitrogens with one attached hydrogen (secondary N) is 1. The van der Waals surface area contributed by atoms with E-state index in [1.165, 1.54) is 13.2 Å².